The fraction of sp³-hybridized carbons (Fsp3) is 0.778. The first-order chi connectivity index (χ1) is 9.48. The van der Waals surface area contributed by atoms with E-state index in [0.29, 0.717) is 24.1 Å². The van der Waals surface area contributed by atoms with Crippen molar-refractivity contribution < 1.29 is 18.7 Å². The Balaban J connectivity index is 2.26. The number of rotatable bonds is 5. The van der Waals surface area contributed by atoms with E-state index >= 15 is 0 Å². The van der Waals surface area contributed by atoms with Crippen LogP contribution in [0.4, 0.5) is 4.79 Å². The Morgan fingerprint density at radius 2 is 2.20 bits per heavy atom. The third-order valence-electron chi connectivity index (χ3n) is 2.16. The van der Waals surface area contributed by atoms with Crippen LogP contribution in [0.2, 0.25) is 0 Å². The molecule has 11 heteroatoms. The lowest BCUT2D eigenvalue weighted by molar-refractivity contribution is 0.152. The number of hydrogen-bond acceptors (Lipinski definition) is 8. The van der Waals surface area contributed by atoms with Crippen molar-refractivity contribution in [3.63, 3.8) is 0 Å². The van der Waals surface area contributed by atoms with Gasteiger partial charge in [0.05, 0.1) is 19.1 Å². The molecular formula is C9H18N3O4PS3. The fourth-order valence-electron chi connectivity index (χ4n) is 1.05. The summed E-state index contributed by atoms with van der Waals surface area (Å²) in [6, 6.07) is 0. The van der Waals surface area contributed by atoms with Crippen LogP contribution in [0.25, 0.3) is 0 Å². The number of carbonyl (C=O) groups excluding carboxylic acids is 1. The molecule has 0 atom stereocenters. The molecule has 0 aliphatic carbocycles. The Bertz CT molecular complexity index is 400. The van der Waals surface area contributed by atoms with Gasteiger partial charge in [-0.15, -0.1) is 11.8 Å². The fourth-order valence-corrected chi connectivity index (χ4v) is 4.54. The van der Waals surface area contributed by atoms with Crippen LogP contribution < -0.4 is 5.32 Å². The van der Waals surface area contributed by atoms with Gasteiger partial charge in [-0.2, -0.15) is 4.08 Å². The maximum atomic E-state index is 11.3. The highest BCUT2D eigenvalue weighted by molar-refractivity contribution is 8.15. The zero-order valence-corrected chi connectivity index (χ0v) is 14.9. The number of nitrogens with one attached hydrogen (secondary N) is 1. The van der Waals surface area contributed by atoms with Crippen molar-refractivity contribution in [2.45, 2.75) is 13.3 Å². The molecule has 1 saturated heterocycles. The minimum absolute atomic E-state index is 0.300. The Hall–Kier alpha value is 0.170. The van der Waals surface area contributed by atoms with E-state index in [4.69, 9.17) is 20.9 Å². The normalized spacial score (nSPS) is 18.9. The number of oxime groups is 1. The van der Waals surface area contributed by atoms with Gasteiger partial charge in [0, 0.05) is 7.05 Å². The predicted octanol–water partition coefficient (Wildman–Crippen LogP) is 2.61. The van der Waals surface area contributed by atoms with E-state index in [0.717, 1.165) is 6.42 Å². The monoisotopic (exact) mass is 359 g/mol. The van der Waals surface area contributed by atoms with Gasteiger partial charge in [-0.3, -0.25) is 4.84 Å². The Morgan fingerprint density at radius 3 is 2.80 bits per heavy atom. The van der Waals surface area contributed by atoms with E-state index in [1.165, 1.54) is 23.7 Å². The molecule has 7 nitrogen and oxygen atoms in total. The average Bonchev–Trinajstić information content (AvgIpc) is 2.45. The van der Waals surface area contributed by atoms with Crippen LogP contribution in [-0.2, 0) is 25.7 Å². The summed E-state index contributed by atoms with van der Waals surface area (Å²) < 4.78 is 12.8. The maximum absolute atomic E-state index is 11.3. The zero-order chi connectivity index (χ0) is 15.0. The SMILES string of the molecule is CSC(C)=NOC(=O)NCSN(C)P1(=S)OCCCO1. The Morgan fingerprint density at radius 1 is 1.55 bits per heavy atom. The third-order valence-corrected chi connectivity index (χ3v) is 7.85. The minimum atomic E-state index is -2.39. The molecule has 0 radical (unpaired) electrons. The largest absolute Gasteiger partial charge is 0.434 e. The van der Waals surface area contributed by atoms with Crippen molar-refractivity contribution >= 4 is 53.3 Å². The van der Waals surface area contributed by atoms with Crippen LogP contribution in [0.1, 0.15) is 13.3 Å². The highest BCUT2D eigenvalue weighted by atomic mass is 32.5. The van der Waals surface area contributed by atoms with Gasteiger partial charge >= 0.3 is 6.09 Å². The third kappa shape index (κ3) is 6.30. The van der Waals surface area contributed by atoms with Crippen molar-refractivity contribution in [3.8, 4) is 0 Å². The van der Waals surface area contributed by atoms with E-state index in [9.17, 15) is 4.79 Å². The van der Waals surface area contributed by atoms with Gasteiger partial charge in [-0.1, -0.05) is 5.16 Å². The summed E-state index contributed by atoms with van der Waals surface area (Å²) in [6.07, 6.45) is 2.09. The van der Waals surface area contributed by atoms with Crippen molar-refractivity contribution in [1.29, 1.82) is 0 Å². The first kappa shape index (κ1) is 18.2. The maximum Gasteiger partial charge on any atom is 0.434 e. The van der Waals surface area contributed by atoms with Crippen LogP contribution in [0.5, 0.6) is 0 Å². The van der Waals surface area contributed by atoms with E-state index in [1.807, 2.05) is 6.26 Å². The van der Waals surface area contributed by atoms with Gasteiger partial charge in [0.25, 0.3) is 6.64 Å². The quantitative estimate of drug-likeness (QED) is 0.153. The molecule has 0 aromatic rings. The smallest absolute Gasteiger partial charge is 0.317 e. The second-order valence-electron chi connectivity index (χ2n) is 3.60. The van der Waals surface area contributed by atoms with Gasteiger partial charge in [0.15, 0.2) is 0 Å². The van der Waals surface area contributed by atoms with Crippen LogP contribution in [-0.4, -0.2) is 47.6 Å². The van der Waals surface area contributed by atoms with Gasteiger partial charge in [-0.25, -0.2) is 4.79 Å². The molecule has 1 fully saturated rings. The van der Waals surface area contributed by atoms with Crippen LogP contribution in [0.3, 0.4) is 0 Å². The van der Waals surface area contributed by atoms with Gasteiger partial charge < -0.3 is 14.4 Å². The summed E-state index contributed by atoms with van der Waals surface area (Å²) in [5.41, 5.74) is 0. The molecule has 1 aliphatic heterocycles. The summed E-state index contributed by atoms with van der Waals surface area (Å²) in [7, 11) is 1.79. The van der Waals surface area contributed by atoms with Crippen LogP contribution >= 0.6 is 30.4 Å². The molecular weight excluding hydrogens is 341 g/mol. The lowest BCUT2D eigenvalue weighted by atomic mass is 10.5. The molecule has 1 amide bonds. The average molecular weight is 359 g/mol. The van der Waals surface area contributed by atoms with Crippen LogP contribution in [0.15, 0.2) is 5.16 Å². The van der Waals surface area contributed by atoms with Crippen molar-refractivity contribution in [3.05, 3.63) is 0 Å². The second-order valence-corrected chi connectivity index (χ2v) is 9.40. The Kier molecular flexibility index (Phi) is 8.42. The first-order valence-electron chi connectivity index (χ1n) is 5.77. The van der Waals surface area contributed by atoms with E-state index < -0.39 is 12.7 Å². The van der Waals surface area contributed by atoms with Gasteiger partial charge in [0.2, 0.25) is 0 Å². The molecule has 1 heterocycles. The number of thioether (sulfide) groups is 1. The lowest BCUT2D eigenvalue weighted by Gasteiger charge is -2.32. The zero-order valence-electron chi connectivity index (χ0n) is 11.5. The molecule has 0 bridgehead atoms. The topological polar surface area (TPSA) is 72.4 Å². The molecule has 20 heavy (non-hydrogen) atoms. The molecule has 0 saturated carbocycles. The highest BCUT2D eigenvalue weighted by Gasteiger charge is 2.28. The number of amides is 1. The Labute approximate surface area is 132 Å². The number of hydrogen-bond donors (Lipinski definition) is 1. The van der Waals surface area contributed by atoms with Crippen molar-refractivity contribution in [2.24, 2.45) is 5.16 Å². The predicted molar refractivity (Wildman–Crippen MR) is 87.3 cm³/mol. The molecule has 0 unspecified atom stereocenters. The van der Waals surface area contributed by atoms with E-state index in [1.54, 1.807) is 18.0 Å². The van der Waals surface area contributed by atoms with E-state index in [2.05, 4.69) is 15.3 Å². The molecule has 116 valence electrons. The van der Waals surface area contributed by atoms with Crippen molar-refractivity contribution in [2.75, 3.05) is 32.4 Å². The van der Waals surface area contributed by atoms with Gasteiger partial charge in [0.1, 0.15) is 5.04 Å². The molecule has 1 rings (SSSR count). The lowest BCUT2D eigenvalue weighted by Crippen LogP contribution is -2.25. The molecule has 0 aromatic heterocycles. The van der Waals surface area contributed by atoms with Crippen LogP contribution in [0, 0.1) is 0 Å². The summed E-state index contributed by atoms with van der Waals surface area (Å²) in [6.45, 7) is 0.583. The minimum Gasteiger partial charge on any atom is -0.317 e. The second kappa shape index (κ2) is 9.24. The molecule has 0 spiro atoms. The van der Waals surface area contributed by atoms with Gasteiger partial charge in [-0.05, 0) is 43.4 Å². The highest BCUT2D eigenvalue weighted by Crippen LogP contribution is 2.56. The standard InChI is InChI=1S/C9H18N3O4PS3/c1-8(19-3)11-16-9(13)10-7-20-12(2)17(18)14-5-4-6-15-17/h4-7H2,1-3H3,(H,10,13). The summed E-state index contributed by atoms with van der Waals surface area (Å²) in [5.74, 6) is 0.300. The van der Waals surface area contributed by atoms with E-state index in [-0.39, 0.29) is 0 Å². The number of carbonyl (C=O) groups is 1. The summed E-state index contributed by atoms with van der Waals surface area (Å²) in [4.78, 5) is 16.0. The molecule has 0 aromatic carbocycles. The summed E-state index contributed by atoms with van der Waals surface area (Å²) >= 11 is 8.08. The molecule has 1 aliphatic rings. The number of nitrogens with zero attached hydrogens (tertiary/aromatic N) is 2. The van der Waals surface area contributed by atoms with Crippen molar-refractivity contribution in [1.82, 2.24) is 9.39 Å². The molecule has 1 N–H and O–H groups in total. The first-order valence-corrected chi connectivity index (χ1v) is 10.5. The summed E-state index contributed by atoms with van der Waals surface area (Å²) in [5, 5.41) is 6.85.